The average molecular weight is 110 g/mol. The Kier molecular flexibility index (Phi) is 1.87. The van der Waals surface area contributed by atoms with Gasteiger partial charge in [0.1, 0.15) is 0 Å². The van der Waals surface area contributed by atoms with Crippen molar-refractivity contribution < 1.29 is 13.2 Å². The van der Waals surface area contributed by atoms with Crippen LogP contribution in [0.5, 0.6) is 0 Å². The lowest BCUT2D eigenvalue weighted by molar-refractivity contribution is -0.124. The maximum Gasteiger partial charge on any atom is 0.392 e. The summed E-state index contributed by atoms with van der Waals surface area (Å²) in [5, 5.41) is 0. The molecule has 0 aromatic rings. The van der Waals surface area contributed by atoms with Crippen LogP contribution in [0, 0.1) is 0 Å². The highest BCUT2D eigenvalue weighted by molar-refractivity contribution is 4.70. The molecule has 0 amide bonds. The SMILES string of the molecule is C=CCC(F)(F)F. The molecule has 0 aliphatic heterocycles. The Balaban J connectivity index is 3.34. The van der Waals surface area contributed by atoms with E-state index in [1.165, 1.54) is 0 Å². The van der Waals surface area contributed by atoms with E-state index < -0.39 is 12.6 Å². The second-order valence-electron chi connectivity index (χ2n) is 1.11. The molecule has 0 spiro atoms. The van der Waals surface area contributed by atoms with Crippen LogP contribution in [-0.4, -0.2) is 6.18 Å². The third-order valence-electron chi connectivity index (χ3n) is 0.376. The molecular weight excluding hydrogens is 105 g/mol. The normalized spacial score (nSPS) is 11.3. The minimum absolute atomic E-state index is 0.833. The van der Waals surface area contributed by atoms with Crippen LogP contribution in [0.1, 0.15) is 6.42 Å². The van der Waals surface area contributed by atoms with E-state index in [0.29, 0.717) is 0 Å². The molecule has 7 heavy (non-hydrogen) atoms. The predicted octanol–water partition coefficient (Wildman–Crippen LogP) is 2.12. The minimum Gasteiger partial charge on any atom is -0.171 e. The summed E-state index contributed by atoms with van der Waals surface area (Å²) in [4.78, 5) is 0. The number of hydrogen-bond acceptors (Lipinski definition) is 0. The van der Waals surface area contributed by atoms with Crippen LogP contribution < -0.4 is 0 Å². The Morgan fingerprint density at radius 1 is 1.43 bits per heavy atom. The third-order valence-corrected chi connectivity index (χ3v) is 0.376. The van der Waals surface area contributed by atoms with Crippen molar-refractivity contribution in [2.45, 2.75) is 12.6 Å². The van der Waals surface area contributed by atoms with Gasteiger partial charge in [-0.2, -0.15) is 13.2 Å². The maximum atomic E-state index is 11.0. The Morgan fingerprint density at radius 3 is 1.86 bits per heavy atom. The van der Waals surface area contributed by atoms with Gasteiger partial charge in [0.25, 0.3) is 0 Å². The summed E-state index contributed by atoms with van der Waals surface area (Å²) >= 11 is 0. The zero-order valence-electron chi connectivity index (χ0n) is 3.63. The van der Waals surface area contributed by atoms with Crippen LogP contribution in [0.15, 0.2) is 12.7 Å². The van der Waals surface area contributed by atoms with E-state index in [1.54, 1.807) is 0 Å². The van der Waals surface area contributed by atoms with Gasteiger partial charge in [-0.15, -0.1) is 6.58 Å². The number of alkyl halides is 3. The summed E-state index contributed by atoms with van der Waals surface area (Å²) in [7, 11) is 0. The van der Waals surface area contributed by atoms with Crippen molar-refractivity contribution in [3.63, 3.8) is 0 Å². The van der Waals surface area contributed by atoms with Crippen molar-refractivity contribution in [1.82, 2.24) is 0 Å². The fourth-order valence-electron chi connectivity index (χ4n) is 0.164. The zero-order chi connectivity index (χ0) is 5.91. The quantitative estimate of drug-likeness (QED) is 0.453. The lowest BCUT2D eigenvalue weighted by Crippen LogP contribution is -2.03. The molecule has 0 aliphatic rings. The summed E-state index contributed by atoms with van der Waals surface area (Å²) in [6, 6.07) is 0. The van der Waals surface area contributed by atoms with Gasteiger partial charge in [0.15, 0.2) is 0 Å². The minimum atomic E-state index is -4.07. The van der Waals surface area contributed by atoms with Gasteiger partial charge in [0, 0.05) is 0 Å². The number of halogens is 3. The maximum absolute atomic E-state index is 11.0. The first-order chi connectivity index (χ1) is 3.06. The molecule has 3 heteroatoms. The van der Waals surface area contributed by atoms with E-state index in [0.717, 1.165) is 6.08 Å². The first-order valence-electron chi connectivity index (χ1n) is 1.74. The lowest BCUT2D eigenvalue weighted by Gasteiger charge is -1.97. The van der Waals surface area contributed by atoms with E-state index in [9.17, 15) is 13.2 Å². The van der Waals surface area contributed by atoms with Gasteiger partial charge in [-0.25, -0.2) is 0 Å². The Bertz CT molecular complexity index is 61.8. The molecule has 0 saturated carbocycles. The van der Waals surface area contributed by atoms with Crippen LogP contribution in [0.25, 0.3) is 0 Å². The molecule has 0 radical (unpaired) electrons. The molecule has 0 saturated heterocycles. The molecule has 0 nitrogen and oxygen atoms in total. The monoisotopic (exact) mass is 110 g/mol. The number of allylic oxidation sites excluding steroid dienone is 1. The molecule has 42 valence electrons. The van der Waals surface area contributed by atoms with E-state index in [2.05, 4.69) is 6.58 Å². The van der Waals surface area contributed by atoms with Gasteiger partial charge in [0.05, 0.1) is 6.42 Å². The summed E-state index contributed by atoms with van der Waals surface area (Å²) in [5.74, 6) is 0. The second kappa shape index (κ2) is 2.00. The van der Waals surface area contributed by atoms with Crippen molar-refractivity contribution in [2.75, 3.05) is 0 Å². The lowest BCUT2D eigenvalue weighted by atomic mass is 10.4. The summed E-state index contributed by atoms with van der Waals surface area (Å²) in [6.07, 6.45) is -4.13. The van der Waals surface area contributed by atoms with Crippen molar-refractivity contribution in [2.24, 2.45) is 0 Å². The molecule has 0 N–H and O–H groups in total. The van der Waals surface area contributed by atoms with Gasteiger partial charge in [-0.1, -0.05) is 6.08 Å². The number of hydrogen-bond donors (Lipinski definition) is 0. The molecule has 0 fully saturated rings. The molecule has 0 atom stereocenters. The molecule has 0 unspecified atom stereocenters. The second-order valence-corrected chi connectivity index (χ2v) is 1.11. The van der Waals surface area contributed by atoms with Crippen molar-refractivity contribution in [3.05, 3.63) is 12.7 Å². The highest BCUT2D eigenvalue weighted by atomic mass is 19.4. The molecule has 0 aliphatic carbocycles. The highest BCUT2D eigenvalue weighted by Crippen LogP contribution is 2.18. The molecular formula is C4H5F3. The van der Waals surface area contributed by atoms with Gasteiger partial charge >= 0.3 is 6.18 Å². The van der Waals surface area contributed by atoms with Crippen LogP contribution in [0.2, 0.25) is 0 Å². The summed E-state index contributed by atoms with van der Waals surface area (Å²) < 4.78 is 33.0. The Morgan fingerprint density at radius 2 is 1.86 bits per heavy atom. The van der Waals surface area contributed by atoms with Gasteiger partial charge in [0.2, 0.25) is 0 Å². The predicted molar refractivity (Wildman–Crippen MR) is 20.9 cm³/mol. The summed E-state index contributed by atoms with van der Waals surface area (Å²) in [6.45, 7) is 2.93. The molecule has 0 heterocycles. The first-order valence-corrected chi connectivity index (χ1v) is 1.74. The fraction of sp³-hybridized carbons (Fsp3) is 0.500. The topological polar surface area (TPSA) is 0 Å². The molecule has 0 bridgehead atoms. The molecule has 0 aromatic heterocycles. The fourth-order valence-corrected chi connectivity index (χ4v) is 0.164. The van der Waals surface area contributed by atoms with Crippen LogP contribution in [-0.2, 0) is 0 Å². The Labute approximate surface area is 39.6 Å². The average Bonchev–Trinajstić information content (AvgIpc) is 1.30. The molecule has 0 rings (SSSR count). The smallest absolute Gasteiger partial charge is 0.171 e. The van der Waals surface area contributed by atoms with Gasteiger partial charge in [-0.05, 0) is 0 Å². The molecule has 0 aromatic carbocycles. The van der Waals surface area contributed by atoms with Gasteiger partial charge < -0.3 is 0 Å². The van der Waals surface area contributed by atoms with Crippen molar-refractivity contribution >= 4 is 0 Å². The summed E-state index contributed by atoms with van der Waals surface area (Å²) in [5.41, 5.74) is 0. The van der Waals surface area contributed by atoms with Crippen molar-refractivity contribution in [3.8, 4) is 0 Å². The van der Waals surface area contributed by atoms with E-state index in [4.69, 9.17) is 0 Å². The van der Waals surface area contributed by atoms with E-state index in [1.807, 2.05) is 0 Å². The Hall–Kier alpha value is -0.470. The first kappa shape index (κ1) is 6.53. The largest absolute Gasteiger partial charge is 0.392 e. The standard InChI is InChI=1S/C4H5F3/c1-2-3-4(5,6)7/h2H,1,3H2. The zero-order valence-corrected chi connectivity index (χ0v) is 3.63. The van der Waals surface area contributed by atoms with E-state index in [-0.39, 0.29) is 0 Å². The van der Waals surface area contributed by atoms with Gasteiger partial charge in [-0.3, -0.25) is 0 Å². The van der Waals surface area contributed by atoms with Crippen LogP contribution in [0.4, 0.5) is 13.2 Å². The van der Waals surface area contributed by atoms with Crippen LogP contribution >= 0.6 is 0 Å². The third kappa shape index (κ3) is 5.53. The van der Waals surface area contributed by atoms with Crippen molar-refractivity contribution in [1.29, 1.82) is 0 Å². The van der Waals surface area contributed by atoms with Crippen LogP contribution in [0.3, 0.4) is 0 Å². The number of rotatable bonds is 1. The highest BCUT2D eigenvalue weighted by Gasteiger charge is 2.23. The van der Waals surface area contributed by atoms with E-state index >= 15 is 0 Å².